The predicted octanol–water partition coefficient (Wildman–Crippen LogP) is 4.55. The predicted molar refractivity (Wildman–Crippen MR) is 103 cm³/mol. The highest BCUT2D eigenvalue weighted by Crippen LogP contribution is 2.34. The number of hydrogen-bond donors (Lipinski definition) is 1. The highest BCUT2D eigenvalue weighted by Gasteiger charge is 2.22. The number of benzene rings is 3. The van der Waals surface area contributed by atoms with Crippen molar-refractivity contribution in [3.8, 4) is 0 Å². The molecule has 3 aromatic rings. The van der Waals surface area contributed by atoms with Crippen LogP contribution in [0.15, 0.2) is 59.5 Å². The topological polar surface area (TPSA) is 63.6 Å². The average Bonchev–Trinajstić information content (AvgIpc) is 2.60. The van der Waals surface area contributed by atoms with Crippen LogP contribution in [0.4, 0.5) is 0 Å². The summed E-state index contributed by atoms with van der Waals surface area (Å²) in [5, 5.41) is 12.7. The minimum atomic E-state index is -3.95. The third-order valence-electron chi connectivity index (χ3n) is 4.25. The van der Waals surface area contributed by atoms with Crippen molar-refractivity contribution >= 4 is 32.5 Å². The van der Waals surface area contributed by atoms with Crippen LogP contribution < -0.4 is 0 Å². The minimum Gasteiger partial charge on any atom is -0.386 e. The van der Waals surface area contributed by atoms with Gasteiger partial charge in [0.25, 0.3) is 10.1 Å². The number of aliphatic hydroxyl groups excluding tert-OH is 1. The standard InChI is InChI=1S/C20H19ClO4S/c1-13-7-9-16(10-8-13)26(23,24)25-12-18(22)19-14(2)11-15-5-3-4-6-17(15)20(19)21/h3-11,18,22H,12H2,1-2H3/t18-/m0/s1. The molecule has 6 heteroatoms. The fourth-order valence-electron chi connectivity index (χ4n) is 2.87. The molecule has 1 N–H and O–H groups in total. The molecule has 0 aliphatic heterocycles. The molecular formula is C20H19ClO4S. The van der Waals surface area contributed by atoms with Crippen molar-refractivity contribution in [2.75, 3.05) is 6.61 Å². The van der Waals surface area contributed by atoms with E-state index in [-0.39, 0.29) is 4.90 Å². The summed E-state index contributed by atoms with van der Waals surface area (Å²) in [6.45, 7) is 3.28. The van der Waals surface area contributed by atoms with Crippen molar-refractivity contribution in [2.45, 2.75) is 24.8 Å². The summed E-state index contributed by atoms with van der Waals surface area (Å²) >= 11 is 6.46. The summed E-state index contributed by atoms with van der Waals surface area (Å²) in [7, 11) is -3.95. The molecule has 0 bridgehead atoms. The highest BCUT2D eigenvalue weighted by molar-refractivity contribution is 7.86. The molecule has 0 saturated heterocycles. The van der Waals surface area contributed by atoms with Gasteiger partial charge in [-0.05, 0) is 36.9 Å². The Morgan fingerprint density at radius 3 is 2.42 bits per heavy atom. The van der Waals surface area contributed by atoms with Crippen LogP contribution in [0.1, 0.15) is 22.8 Å². The van der Waals surface area contributed by atoms with Gasteiger partial charge in [-0.25, -0.2) is 0 Å². The monoisotopic (exact) mass is 390 g/mol. The molecule has 4 nitrogen and oxygen atoms in total. The molecule has 0 radical (unpaired) electrons. The average molecular weight is 391 g/mol. The fraction of sp³-hybridized carbons (Fsp3) is 0.200. The molecule has 0 unspecified atom stereocenters. The molecule has 0 aromatic heterocycles. The molecule has 3 rings (SSSR count). The zero-order valence-corrected chi connectivity index (χ0v) is 16.0. The molecule has 136 valence electrons. The van der Waals surface area contributed by atoms with Gasteiger partial charge in [-0.2, -0.15) is 8.42 Å². The first kappa shape index (κ1) is 18.9. The van der Waals surface area contributed by atoms with Gasteiger partial charge in [0.15, 0.2) is 0 Å². The van der Waals surface area contributed by atoms with Crippen molar-refractivity contribution in [3.63, 3.8) is 0 Å². The van der Waals surface area contributed by atoms with Crippen LogP contribution in [-0.2, 0) is 14.3 Å². The largest absolute Gasteiger partial charge is 0.386 e. The summed E-state index contributed by atoms with van der Waals surface area (Å²) < 4.78 is 29.6. The summed E-state index contributed by atoms with van der Waals surface area (Å²) in [6, 6.07) is 15.8. The lowest BCUT2D eigenvalue weighted by Crippen LogP contribution is -2.14. The molecule has 0 fully saturated rings. The molecule has 3 aromatic carbocycles. The van der Waals surface area contributed by atoms with Gasteiger partial charge >= 0.3 is 0 Å². The lowest BCUT2D eigenvalue weighted by Gasteiger charge is -2.17. The maximum atomic E-state index is 12.3. The molecule has 0 aliphatic rings. The highest BCUT2D eigenvalue weighted by atomic mass is 35.5. The van der Waals surface area contributed by atoms with Crippen molar-refractivity contribution in [1.82, 2.24) is 0 Å². The second-order valence-electron chi connectivity index (χ2n) is 6.21. The summed E-state index contributed by atoms with van der Waals surface area (Å²) in [6.07, 6.45) is -1.16. The fourth-order valence-corrected chi connectivity index (χ4v) is 4.23. The van der Waals surface area contributed by atoms with E-state index in [0.29, 0.717) is 10.6 Å². The molecular weight excluding hydrogens is 372 g/mol. The van der Waals surface area contributed by atoms with Gasteiger partial charge in [0.2, 0.25) is 0 Å². The van der Waals surface area contributed by atoms with Gasteiger partial charge in [-0.3, -0.25) is 4.18 Å². The van der Waals surface area contributed by atoms with E-state index in [0.717, 1.165) is 21.9 Å². The first-order chi connectivity index (χ1) is 12.3. The molecule has 0 saturated carbocycles. The lowest BCUT2D eigenvalue weighted by atomic mass is 9.98. The number of aliphatic hydroxyl groups is 1. The van der Waals surface area contributed by atoms with E-state index in [1.165, 1.54) is 12.1 Å². The van der Waals surface area contributed by atoms with Crippen molar-refractivity contribution in [1.29, 1.82) is 0 Å². The first-order valence-corrected chi connectivity index (χ1v) is 9.90. The molecule has 0 heterocycles. The molecule has 0 aliphatic carbocycles. The Balaban J connectivity index is 1.85. The Labute approximate surface area is 158 Å². The molecule has 26 heavy (non-hydrogen) atoms. The smallest absolute Gasteiger partial charge is 0.297 e. The van der Waals surface area contributed by atoms with Gasteiger partial charge < -0.3 is 5.11 Å². The second-order valence-corrected chi connectivity index (χ2v) is 8.20. The SMILES string of the molecule is Cc1ccc(S(=O)(=O)OC[C@H](O)c2c(C)cc3ccccc3c2Cl)cc1. The lowest BCUT2D eigenvalue weighted by molar-refractivity contribution is 0.111. The van der Waals surface area contributed by atoms with Crippen LogP contribution in [0, 0.1) is 13.8 Å². The van der Waals surface area contributed by atoms with Crippen LogP contribution in [0.5, 0.6) is 0 Å². The van der Waals surface area contributed by atoms with Crippen LogP contribution in [0.3, 0.4) is 0 Å². The van der Waals surface area contributed by atoms with Gasteiger partial charge in [0.1, 0.15) is 6.10 Å². The van der Waals surface area contributed by atoms with Gasteiger partial charge in [-0.1, -0.05) is 59.6 Å². The number of aryl methyl sites for hydroxylation is 2. The first-order valence-electron chi connectivity index (χ1n) is 8.11. The minimum absolute atomic E-state index is 0.0524. The molecule has 0 amide bonds. The maximum Gasteiger partial charge on any atom is 0.297 e. The normalized spacial score (nSPS) is 13.1. The van der Waals surface area contributed by atoms with Crippen molar-refractivity contribution < 1.29 is 17.7 Å². The van der Waals surface area contributed by atoms with Crippen molar-refractivity contribution in [3.05, 3.63) is 76.3 Å². The zero-order valence-electron chi connectivity index (χ0n) is 14.4. The number of hydrogen-bond acceptors (Lipinski definition) is 4. The Morgan fingerprint density at radius 2 is 1.73 bits per heavy atom. The maximum absolute atomic E-state index is 12.3. The van der Waals surface area contributed by atoms with E-state index in [1.807, 2.05) is 44.2 Å². The third kappa shape index (κ3) is 3.76. The van der Waals surface area contributed by atoms with E-state index >= 15 is 0 Å². The third-order valence-corrected chi connectivity index (χ3v) is 5.96. The van der Waals surface area contributed by atoms with Crippen LogP contribution >= 0.6 is 11.6 Å². The number of rotatable bonds is 5. The second kappa shape index (κ2) is 7.37. The molecule has 1 atom stereocenters. The van der Waals surface area contributed by atoms with Gasteiger partial charge in [0, 0.05) is 10.9 Å². The van der Waals surface area contributed by atoms with E-state index in [2.05, 4.69) is 0 Å². The van der Waals surface area contributed by atoms with Crippen LogP contribution in [0.2, 0.25) is 5.02 Å². The van der Waals surface area contributed by atoms with Crippen molar-refractivity contribution in [2.24, 2.45) is 0 Å². The van der Waals surface area contributed by atoms with E-state index in [9.17, 15) is 13.5 Å². The zero-order chi connectivity index (χ0) is 18.9. The van der Waals surface area contributed by atoms with Gasteiger partial charge in [-0.15, -0.1) is 0 Å². The summed E-state index contributed by atoms with van der Waals surface area (Å²) in [5.41, 5.74) is 2.20. The number of halogens is 1. The van der Waals surface area contributed by atoms with Crippen LogP contribution in [0.25, 0.3) is 10.8 Å². The van der Waals surface area contributed by atoms with E-state index in [4.69, 9.17) is 15.8 Å². The molecule has 0 spiro atoms. The summed E-state index contributed by atoms with van der Waals surface area (Å²) in [5.74, 6) is 0. The summed E-state index contributed by atoms with van der Waals surface area (Å²) in [4.78, 5) is 0.0524. The Kier molecular flexibility index (Phi) is 5.34. The number of fused-ring (bicyclic) bond motifs is 1. The Bertz CT molecular complexity index is 1040. The quantitative estimate of drug-likeness (QED) is 0.649. The van der Waals surface area contributed by atoms with Gasteiger partial charge in [0.05, 0.1) is 16.5 Å². The van der Waals surface area contributed by atoms with Crippen LogP contribution in [-0.4, -0.2) is 20.1 Å². The van der Waals surface area contributed by atoms with E-state index < -0.39 is 22.8 Å². The van der Waals surface area contributed by atoms with E-state index in [1.54, 1.807) is 12.1 Å². The Hall–Kier alpha value is -1.92. The Morgan fingerprint density at radius 1 is 1.08 bits per heavy atom.